The van der Waals surface area contributed by atoms with E-state index in [1.807, 2.05) is 31.2 Å². The number of hydrogen-bond donors (Lipinski definition) is 0. The molecule has 0 fully saturated rings. The first-order valence-corrected chi connectivity index (χ1v) is 6.94. The zero-order valence-electron chi connectivity index (χ0n) is 12.0. The Bertz CT molecular complexity index is 510. The highest BCUT2D eigenvalue weighted by atomic mass is 16.5. The largest absolute Gasteiger partial charge is 0.494 e. The quantitative estimate of drug-likeness (QED) is 0.739. The van der Waals surface area contributed by atoms with Crippen molar-refractivity contribution in [2.24, 2.45) is 0 Å². The Morgan fingerprint density at radius 3 is 2.40 bits per heavy atom. The monoisotopic (exact) mass is 276 g/mol. The number of nitrogens with zero attached hydrogens (tertiary/aromatic N) is 4. The maximum Gasteiger partial charge on any atom is 0.151 e. The molecule has 6 heteroatoms. The van der Waals surface area contributed by atoms with Gasteiger partial charge in [-0.1, -0.05) is 6.92 Å². The van der Waals surface area contributed by atoms with Gasteiger partial charge in [-0.15, -0.1) is 5.10 Å². The fourth-order valence-electron chi connectivity index (χ4n) is 1.85. The first-order valence-electron chi connectivity index (χ1n) is 6.94. The predicted octanol–water partition coefficient (Wildman–Crippen LogP) is 2.10. The first-order chi connectivity index (χ1) is 9.83. The molecule has 108 valence electrons. The third kappa shape index (κ3) is 3.94. The number of aryl methyl sites for hydroxylation is 1. The molecule has 2 rings (SSSR count). The molecule has 0 amide bonds. The van der Waals surface area contributed by atoms with E-state index in [1.54, 1.807) is 4.68 Å². The number of benzene rings is 1. The molecule has 1 aromatic heterocycles. The fourth-order valence-corrected chi connectivity index (χ4v) is 1.85. The van der Waals surface area contributed by atoms with Crippen LogP contribution in [0.3, 0.4) is 0 Å². The summed E-state index contributed by atoms with van der Waals surface area (Å²) in [6.07, 6.45) is 1.91. The van der Waals surface area contributed by atoms with Crippen molar-refractivity contribution in [3.63, 3.8) is 0 Å². The Labute approximate surface area is 118 Å². The summed E-state index contributed by atoms with van der Waals surface area (Å²) in [5, 5.41) is 11.6. The van der Waals surface area contributed by atoms with Gasteiger partial charge in [-0.25, -0.2) is 4.68 Å². The number of rotatable bonds is 8. The van der Waals surface area contributed by atoms with Crippen LogP contribution in [-0.2, 0) is 13.0 Å². The number of tetrazole rings is 1. The Balaban J connectivity index is 1.81. The van der Waals surface area contributed by atoms with Crippen molar-refractivity contribution in [2.45, 2.75) is 33.2 Å². The van der Waals surface area contributed by atoms with Gasteiger partial charge in [-0.3, -0.25) is 0 Å². The van der Waals surface area contributed by atoms with Gasteiger partial charge in [-0.2, -0.15) is 0 Å². The van der Waals surface area contributed by atoms with Crippen LogP contribution in [0.25, 0.3) is 0 Å². The average Bonchev–Trinajstić information content (AvgIpc) is 2.89. The first kappa shape index (κ1) is 14.3. The van der Waals surface area contributed by atoms with Crippen molar-refractivity contribution >= 4 is 0 Å². The summed E-state index contributed by atoms with van der Waals surface area (Å²) in [7, 11) is 0. The molecule has 6 nitrogen and oxygen atoms in total. The highest BCUT2D eigenvalue weighted by Gasteiger charge is 2.04. The highest BCUT2D eigenvalue weighted by molar-refractivity contribution is 5.31. The van der Waals surface area contributed by atoms with Gasteiger partial charge in [0.1, 0.15) is 18.1 Å². The van der Waals surface area contributed by atoms with E-state index in [1.165, 1.54) is 0 Å². The van der Waals surface area contributed by atoms with Crippen LogP contribution in [0.15, 0.2) is 24.3 Å². The Morgan fingerprint density at radius 1 is 1.05 bits per heavy atom. The van der Waals surface area contributed by atoms with Gasteiger partial charge in [0, 0.05) is 6.42 Å². The molecule has 0 saturated heterocycles. The van der Waals surface area contributed by atoms with E-state index >= 15 is 0 Å². The second kappa shape index (κ2) is 7.47. The molecule has 1 aromatic carbocycles. The maximum absolute atomic E-state index is 5.67. The van der Waals surface area contributed by atoms with Crippen LogP contribution in [-0.4, -0.2) is 33.4 Å². The molecule has 0 aliphatic carbocycles. The van der Waals surface area contributed by atoms with Crippen molar-refractivity contribution in [1.29, 1.82) is 0 Å². The minimum absolute atomic E-state index is 0.537. The highest BCUT2D eigenvalue weighted by Crippen LogP contribution is 2.17. The van der Waals surface area contributed by atoms with Crippen molar-refractivity contribution in [1.82, 2.24) is 20.2 Å². The van der Waals surface area contributed by atoms with Crippen molar-refractivity contribution in [3.05, 3.63) is 30.1 Å². The fraction of sp³-hybridized carbons (Fsp3) is 0.500. The molecule has 2 aromatic rings. The molecular weight excluding hydrogens is 256 g/mol. The second-order valence-electron chi connectivity index (χ2n) is 4.32. The number of hydrogen-bond acceptors (Lipinski definition) is 5. The molecule has 20 heavy (non-hydrogen) atoms. The topological polar surface area (TPSA) is 62.1 Å². The molecule has 0 N–H and O–H groups in total. The molecule has 0 saturated carbocycles. The van der Waals surface area contributed by atoms with Gasteiger partial charge in [0.2, 0.25) is 0 Å². The van der Waals surface area contributed by atoms with Crippen LogP contribution in [0.1, 0.15) is 26.1 Å². The number of ether oxygens (including phenoxy) is 2. The third-order valence-electron chi connectivity index (χ3n) is 2.79. The van der Waals surface area contributed by atoms with Crippen LogP contribution in [0, 0.1) is 0 Å². The summed E-state index contributed by atoms with van der Waals surface area (Å²) < 4.78 is 12.8. The van der Waals surface area contributed by atoms with Gasteiger partial charge < -0.3 is 9.47 Å². The van der Waals surface area contributed by atoms with Gasteiger partial charge in [0.05, 0.1) is 13.2 Å². The summed E-state index contributed by atoms with van der Waals surface area (Å²) >= 11 is 0. The van der Waals surface area contributed by atoms with E-state index < -0.39 is 0 Å². The zero-order chi connectivity index (χ0) is 14.2. The van der Waals surface area contributed by atoms with Crippen LogP contribution >= 0.6 is 0 Å². The third-order valence-corrected chi connectivity index (χ3v) is 2.79. The van der Waals surface area contributed by atoms with Crippen molar-refractivity contribution in [3.8, 4) is 11.5 Å². The Morgan fingerprint density at radius 2 is 1.75 bits per heavy atom. The summed E-state index contributed by atoms with van der Waals surface area (Å²) in [5.74, 6) is 2.58. The molecule has 0 unspecified atom stereocenters. The van der Waals surface area contributed by atoms with Crippen LogP contribution in [0.4, 0.5) is 0 Å². The lowest BCUT2D eigenvalue weighted by Crippen LogP contribution is -2.12. The summed E-state index contributed by atoms with van der Waals surface area (Å²) in [5.41, 5.74) is 0. The van der Waals surface area contributed by atoms with Gasteiger partial charge >= 0.3 is 0 Å². The molecule has 0 aliphatic rings. The summed E-state index contributed by atoms with van der Waals surface area (Å²) in [6, 6.07) is 7.60. The van der Waals surface area contributed by atoms with Crippen LogP contribution < -0.4 is 9.47 Å². The van der Waals surface area contributed by atoms with Gasteiger partial charge in [0.25, 0.3) is 0 Å². The Kier molecular flexibility index (Phi) is 5.34. The molecule has 0 atom stereocenters. The normalized spacial score (nSPS) is 10.5. The predicted molar refractivity (Wildman–Crippen MR) is 74.9 cm³/mol. The van der Waals surface area contributed by atoms with E-state index in [0.717, 1.165) is 30.2 Å². The standard InChI is InChI=1S/C14H20N4O2/c1-3-5-14-15-16-17-18(14)10-11-20-13-8-6-12(7-9-13)19-4-2/h6-9H,3-5,10-11H2,1-2H3. The van der Waals surface area contributed by atoms with Gasteiger partial charge in [0.15, 0.2) is 5.82 Å². The second-order valence-corrected chi connectivity index (χ2v) is 4.32. The van der Waals surface area contributed by atoms with Crippen molar-refractivity contribution in [2.75, 3.05) is 13.2 Å². The van der Waals surface area contributed by atoms with E-state index in [9.17, 15) is 0 Å². The number of aromatic nitrogens is 4. The Hall–Kier alpha value is -2.11. The minimum atomic E-state index is 0.537. The maximum atomic E-state index is 5.67. The van der Waals surface area contributed by atoms with Crippen LogP contribution in [0.2, 0.25) is 0 Å². The van der Waals surface area contributed by atoms with Crippen LogP contribution in [0.5, 0.6) is 11.5 Å². The minimum Gasteiger partial charge on any atom is -0.494 e. The molecule has 0 spiro atoms. The molecule has 1 heterocycles. The van der Waals surface area contributed by atoms with E-state index in [2.05, 4.69) is 22.4 Å². The molecule has 0 bridgehead atoms. The lowest BCUT2D eigenvalue weighted by molar-refractivity contribution is 0.286. The molecule has 0 radical (unpaired) electrons. The zero-order valence-corrected chi connectivity index (χ0v) is 12.0. The SMILES string of the molecule is CCCc1nnnn1CCOc1ccc(OCC)cc1. The summed E-state index contributed by atoms with van der Waals surface area (Å²) in [4.78, 5) is 0. The van der Waals surface area contributed by atoms with E-state index in [-0.39, 0.29) is 0 Å². The smallest absolute Gasteiger partial charge is 0.151 e. The lowest BCUT2D eigenvalue weighted by Gasteiger charge is -2.08. The lowest BCUT2D eigenvalue weighted by atomic mass is 10.3. The van der Waals surface area contributed by atoms with E-state index in [4.69, 9.17) is 9.47 Å². The molecular formula is C14H20N4O2. The average molecular weight is 276 g/mol. The molecule has 0 aliphatic heterocycles. The van der Waals surface area contributed by atoms with E-state index in [0.29, 0.717) is 19.8 Å². The van der Waals surface area contributed by atoms with Crippen molar-refractivity contribution < 1.29 is 9.47 Å². The van der Waals surface area contributed by atoms with Gasteiger partial charge in [-0.05, 0) is 48.0 Å². The summed E-state index contributed by atoms with van der Waals surface area (Å²) in [6.45, 7) is 5.92.